The number of halogens is 5. The summed E-state index contributed by atoms with van der Waals surface area (Å²) in [6.07, 6.45) is -5.86. The summed E-state index contributed by atoms with van der Waals surface area (Å²) in [5, 5.41) is 4.69. The van der Waals surface area contributed by atoms with Crippen LogP contribution < -0.4 is 15.4 Å². The van der Waals surface area contributed by atoms with Crippen molar-refractivity contribution in [3.05, 3.63) is 41.1 Å². The van der Waals surface area contributed by atoms with Crippen LogP contribution in [-0.2, 0) is 9.53 Å². The topological polar surface area (TPSA) is 76.7 Å². The second-order valence-electron chi connectivity index (χ2n) is 5.82. The highest BCUT2D eigenvalue weighted by molar-refractivity contribution is 5.95. The molecule has 1 aromatic rings. The van der Waals surface area contributed by atoms with E-state index in [0.717, 1.165) is 0 Å². The number of hydrogen-bond donors (Lipinski definition) is 2. The number of urea groups is 1. The molecule has 0 unspecified atom stereocenters. The number of para-hydroxylation sites is 1. The van der Waals surface area contributed by atoms with E-state index in [9.17, 15) is 31.5 Å². The Labute approximate surface area is 156 Å². The number of benzene rings is 1. The van der Waals surface area contributed by atoms with Gasteiger partial charge in [0.2, 0.25) is 0 Å². The maximum Gasteiger partial charge on any atom is 0.456 e. The number of alkyl halides is 5. The van der Waals surface area contributed by atoms with Crippen LogP contribution in [0.25, 0.3) is 0 Å². The zero-order valence-corrected chi connectivity index (χ0v) is 14.8. The van der Waals surface area contributed by atoms with Gasteiger partial charge in [0, 0.05) is 11.3 Å². The molecule has 0 spiro atoms. The van der Waals surface area contributed by atoms with Crippen LogP contribution in [-0.4, -0.2) is 37.3 Å². The molecule has 1 aliphatic heterocycles. The van der Waals surface area contributed by atoms with Crippen molar-refractivity contribution in [2.75, 3.05) is 13.2 Å². The van der Waals surface area contributed by atoms with Crippen LogP contribution in [0, 0.1) is 0 Å². The molecule has 0 aromatic heterocycles. The molecule has 154 valence electrons. The van der Waals surface area contributed by atoms with E-state index in [1.54, 1.807) is 25.1 Å². The highest BCUT2D eigenvalue weighted by Gasteiger charge is 2.58. The van der Waals surface area contributed by atoms with Gasteiger partial charge in [-0.25, -0.2) is 9.59 Å². The first kappa shape index (κ1) is 21.5. The molecule has 0 radical (unpaired) electrons. The predicted molar refractivity (Wildman–Crippen MR) is 86.7 cm³/mol. The first-order valence-corrected chi connectivity index (χ1v) is 8.09. The minimum Gasteiger partial charge on any atom is -0.494 e. The number of rotatable bonds is 6. The van der Waals surface area contributed by atoms with Gasteiger partial charge in [0.15, 0.2) is 6.61 Å². The Bertz CT molecular complexity index is 792. The second-order valence-corrected chi connectivity index (χ2v) is 5.82. The fourth-order valence-electron chi connectivity index (χ4n) is 2.52. The van der Waals surface area contributed by atoms with Crippen molar-refractivity contribution in [1.82, 2.24) is 10.6 Å². The summed E-state index contributed by atoms with van der Waals surface area (Å²) >= 11 is 0. The van der Waals surface area contributed by atoms with Crippen molar-refractivity contribution in [1.29, 1.82) is 0 Å². The van der Waals surface area contributed by atoms with Crippen LogP contribution in [0.1, 0.15) is 25.5 Å². The normalized spacial score (nSPS) is 17.7. The molecule has 1 heterocycles. The van der Waals surface area contributed by atoms with Crippen molar-refractivity contribution >= 4 is 12.0 Å². The smallest absolute Gasteiger partial charge is 0.456 e. The lowest BCUT2D eigenvalue weighted by Crippen LogP contribution is -2.46. The molecule has 28 heavy (non-hydrogen) atoms. The molecular weight excluding hydrogens is 391 g/mol. The van der Waals surface area contributed by atoms with E-state index in [-0.39, 0.29) is 17.9 Å². The third kappa shape index (κ3) is 4.52. The minimum atomic E-state index is -5.86. The zero-order chi connectivity index (χ0) is 21.1. The van der Waals surface area contributed by atoms with Gasteiger partial charge in [0.25, 0.3) is 0 Å². The molecule has 11 heteroatoms. The lowest BCUT2D eigenvalue weighted by atomic mass is 9.95. The maximum absolute atomic E-state index is 13.1. The summed E-state index contributed by atoms with van der Waals surface area (Å²) in [4.78, 5) is 24.2. The number of carbonyl (C=O) groups excluding carboxylic acids is 2. The number of allylic oxidation sites excluding steroid dienone is 1. The van der Waals surface area contributed by atoms with Gasteiger partial charge < -0.3 is 20.1 Å². The van der Waals surface area contributed by atoms with E-state index in [2.05, 4.69) is 15.4 Å². The van der Waals surface area contributed by atoms with E-state index in [4.69, 9.17) is 4.74 Å². The van der Waals surface area contributed by atoms with E-state index < -0.39 is 36.7 Å². The van der Waals surface area contributed by atoms with Crippen LogP contribution in [0.5, 0.6) is 5.75 Å². The molecule has 6 nitrogen and oxygen atoms in total. The van der Waals surface area contributed by atoms with Crippen LogP contribution >= 0.6 is 0 Å². The summed E-state index contributed by atoms with van der Waals surface area (Å²) in [6, 6.07) is 4.45. The fourth-order valence-corrected chi connectivity index (χ4v) is 2.52. The lowest BCUT2D eigenvalue weighted by Gasteiger charge is -2.29. The Morgan fingerprint density at radius 1 is 1.18 bits per heavy atom. The SMILES string of the molecule is CCOc1ccccc1[C@@H]1NC(=O)NC(C)=C1C(=O)OCC(F)(F)C(F)(F)F. The number of amides is 2. The zero-order valence-electron chi connectivity index (χ0n) is 14.8. The molecule has 0 saturated heterocycles. The summed E-state index contributed by atoms with van der Waals surface area (Å²) < 4.78 is 72.7. The number of nitrogens with one attached hydrogen (secondary N) is 2. The number of ether oxygens (including phenoxy) is 2. The van der Waals surface area contributed by atoms with Crippen LogP contribution in [0.2, 0.25) is 0 Å². The first-order chi connectivity index (χ1) is 13.0. The molecule has 2 rings (SSSR count). The molecule has 1 aromatic carbocycles. The Hall–Kier alpha value is -2.85. The Balaban J connectivity index is 2.35. The fraction of sp³-hybridized carbons (Fsp3) is 0.412. The van der Waals surface area contributed by atoms with Crippen LogP contribution in [0.4, 0.5) is 26.7 Å². The molecular formula is C17H17F5N2O4. The van der Waals surface area contributed by atoms with Gasteiger partial charge in [0.1, 0.15) is 5.75 Å². The molecule has 0 bridgehead atoms. The van der Waals surface area contributed by atoms with Crippen molar-refractivity contribution in [2.24, 2.45) is 0 Å². The summed E-state index contributed by atoms with van der Waals surface area (Å²) in [7, 11) is 0. The van der Waals surface area contributed by atoms with Gasteiger partial charge in [-0.15, -0.1) is 0 Å². The lowest BCUT2D eigenvalue weighted by molar-refractivity contribution is -0.293. The van der Waals surface area contributed by atoms with Crippen molar-refractivity contribution in [3.63, 3.8) is 0 Å². The van der Waals surface area contributed by atoms with E-state index in [1.807, 2.05) is 0 Å². The quantitative estimate of drug-likeness (QED) is 0.559. The first-order valence-electron chi connectivity index (χ1n) is 8.09. The summed E-state index contributed by atoms with van der Waals surface area (Å²) in [5.74, 6) is -6.33. The highest BCUT2D eigenvalue weighted by Crippen LogP contribution is 2.37. The standard InChI is InChI=1S/C17H17F5N2O4/c1-3-27-11-7-5-4-6-10(11)13-12(9(2)23-15(26)24-13)14(25)28-8-16(18,19)17(20,21)22/h4-7,13H,3,8H2,1-2H3,(H2,23,24,26)/t13-/m0/s1. The highest BCUT2D eigenvalue weighted by atomic mass is 19.4. The average molecular weight is 408 g/mol. The Morgan fingerprint density at radius 2 is 1.82 bits per heavy atom. The molecule has 2 N–H and O–H groups in total. The van der Waals surface area contributed by atoms with Gasteiger partial charge in [-0.3, -0.25) is 0 Å². The van der Waals surface area contributed by atoms with E-state index >= 15 is 0 Å². The van der Waals surface area contributed by atoms with Crippen molar-refractivity contribution in [2.45, 2.75) is 32.0 Å². The van der Waals surface area contributed by atoms with Gasteiger partial charge in [-0.2, -0.15) is 22.0 Å². The van der Waals surface area contributed by atoms with Crippen LogP contribution in [0.3, 0.4) is 0 Å². The summed E-state index contributed by atoms with van der Waals surface area (Å²) in [5.41, 5.74) is -0.0433. The molecule has 1 aliphatic rings. The summed E-state index contributed by atoms with van der Waals surface area (Å²) in [6.45, 7) is 1.08. The van der Waals surface area contributed by atoms with Gasteiger partial charge in [-0.05, 0) is 19.9 Å². The predicted octanol–water partition coefficient (Wildman–Crippen LogP) is 3.45. The monoisotopic (exact) mass is 408 g/mol. The maximum atomic E-state index is 13.1. The largest absolute Gasteiger partial charge is 0.494 e. The molecule has 0 saturated carbocycles. The third-order valence-electron chi connectivity index (χ3n) is 3.82. The van der Waals surface area contributed by atoms with E-state index in [1.165, 1.54) is 13.0 Å². The molecule has 0 aliphatic carbocycles. The van der Waals surface area contributed by atoms with Crippen LogP contribution in [0.15, 0.2) is 35.5 Å². The Morgan fingerprint density at radius 3 is 2.43 bits per heavy atom. The number of esters is 1. The number of hydrogen-bond acceptors (Lipinski definition) is 4. The van der Waals surface area contributed by atoms with Gasteiger partial charge in [0.05, 0.1) is 18.2 Å². The average Bonchev–Trinajstić information content (AvgIpc) is 2.59. The van der Waals surface area contributed by atoms with Crippen molar-refractivity contribution in [3.8, 4) is 5.75 Å². The van der Waals surface area contributed by atoms with Crippen molar-refractivity contribution < 1.29 is 41.0 Å². The Kier molecular flexibility index (Phi) is 6.15. The molecule has 2 amide bonds. The second kappa shape index (κ2) is 8.03. The molecule has 1 atom stereocenters. The number of carbonyl (C=O) groups is 2. The van der Waals surface area contributed by atoms with E-state index in [0.29, 0.717) is 11.3 Å². The van der Waals surface area contributed by atoms with Gasteiger partial charge in [-0.1, -0.05) is 18.2 Å². The minimum absolute atomic E-state index is 0.0413. The molecule has 0 fully saturated rings. The van der Waals surface area contributed by atoms with Gasteiger partial charge >= 0.3 is 24.1 Å². The third-order valence-corrected chi connectivity index (χ3v) is 3.82.